The molecule has 100 valence electrons. The number of H-pyrrole nitrogens is 2. The molecule has 0 bridgehead atoms. The molecule has 1 amide bonds. The average molecular weight is 260 g/mol. The zero-order valence-electron chi connectivity index (χ0n) is 9.81. The number of anilines is 1. The van der Waals surface area contributed by atoms with Crippen LogP contribution >= 0.6 is 0 Å². The third kappa shape index (κ3) is 2.23. The normalized spacial score (nSPS) is 10.5. The molecule has 0 aliphatic rings. The van der Waals surface area contributed by atoms with Crippen molar-refractivity contribution in [2.45, 2.75) is 0 Å². The summed E-state index contributed by atoms with van der Waals surface area (Å²) in [4.78, 5) is 32.2. The van der Waals surface area contributed by atoms with Crippen molar-refractivity contribution in [2.75, 3.05) is 5.32 Å². The second kappa shape index (κ2) is 4.41. The standard InChI is InChI=1S/C13H10N4O2.3H2/c18-12(15-9-4-2-1-3-5-9)8-6-10-11(14-7-8)17-13(19)16-10;;;/h1-7H,(H,15,18)(H2,14,16,17,19);3*1H. The van der Waals surface area contributed by atoms with Crippen LogP contribution in [0.4, 0.5) is 5.69 Å². The molecule has 6 nitrogen and oxygen atoms in total. The summed E-state index contributed by atoms with van der Waals surface area (Å²) in [7, 11) is 0. The Bertz CT molecular complexity index is 802. The van der Waals surface area contributed by atoms with Gasteiger partial charge < -0.3 is 10.3 Å². The van der Waals surface area contributed by atoms with Gasteiger partial charge in [-0.1, -0.05) is 18.2 Å². The minimum atomic E-state index is -0.344. The maximum Gasteiger partial charge on any atom is 0.325 e. The van der Waals surface area contributed by atoms with Gasteiger partial charge in [0.05, 0.1) is 11.1 Å². The second-order valence-electron chi connectivity index (χ2n) is 4.02. The highest BCUT2D eigenvalue weighted by Gasteiger charge is 2.08. The fourth-order valence-electron chi connectivity index (χ4n) is 1.77. The lowest BCUT2D eigenvalue weighted by molar-refractivity contribution is 0.102. The Kier molecular flexibility index (Phi) is 2.60. The minimum absolute atomic E-state index is 0. The maximum absolute atomic E-state index is 12.0. The van der Waals surface area contributed by atoms with Gasteiger partial charge in [-0.2, -0.15) is 0 Å². The summed E-state index contributed by atoms with van der Waals surface area (Å²) in [5, 5.41) is 2.75. The van der Waals surface area contributed by atoms with Gasteiger partial charge in [-0.15, -0.1) is 0 Å². The Hall–Kier alpha value is -2.89. The molecule has 3 N–H and O–H groups in total. The van der Waals surface area contributed by atoms with Crippen LogP contribution in [0.5, 0.6) is 0 Å². The number of benzene rings is 1. The van der Waals surface area contributed by atoms with E-state index in [0.717, 1.165) is 0 Å². The number of fused-ring (bicyclic) bond motifs is 1. The van der Waals surface area contributed by atoms with Crippen molar-refractivity contribution in [1.82, 2.24) is 15.0 Å². The van der Waals surface area contributed by atoms with Crippen LogP contribution in [0.15, 0.2) is 47.4 Å². The zero-order chi connectivity index (χ0) is 13.2. The molecule has 19 heavy (non-hydrogen) atoms. The SMILES string of the molecule is O=C(Nc1ccccc1)c1cnc2[nH]c(=O)[nH]c2c1.[HH].[HH].[HH]. The van der Waals surface area contributed by atoms with E-state index in [1.165, 1.54) is 6.20 Å². The van der Waals surface area contributed by atoms with Crippen molar-refractivity contribution in [3.8, 4) is 0 Å². The van der Waals surface area contributed by atoms with Crippen LogP contribution in [0.3, 0.4) is 0 Å². The molecule has 6 heteroatoms. The molecular weight excluding hydrogens is 244 g/mol. The first-order chi connectivity index (χ1) is 9.22. The highest BCUT2D eigenvalue weighted by Crippen LogP contribution is 2.10. The topological polar surface area (TPSA) is 90.6 Å². The van der Waals surface area contributed by atoms with Gasteiger partial charge in [0.2, 0.25) is 0 Å². The summed E-state index contributed by atoms with van der Waals surface area (Å²) in [5.74, 6) is -0.275. The lowest BCUT2D eigenvalue weighted by Gasteiger charge is -2.04. The van der Waals surface area contributed by atoms with Gasteiger partial charge >= 0.3 is 5.69 Å². The van der Waals surface area contributed by atoms with Crippen LogP contribution in [0.1, 0.15) is 14.6 Å². The summed E-state index contributed by atoms with van der Waals surface area (Å²) in [6.45, 7) is 0. The smallest absolute Gasteiger partial charge is 0.322 e. The van der Waals surface area contributed by atoms with E-state index in [4.69, 9.17) is 0 Å². The van der Waals surface area contributed by atoms with Crippen LogP contribution < -0.4 is 11.0 Å². The minimum Gasteiger partial charge on any atom is -0.322 e. The third-order valence-electron chi connectivity index (χ3n) is 2.66. The van der Waals surface area contributed by atoms with Gasteiger partial charge in [-0.25, -0.2) is 9.78 Å². The number of hydrogen-bond acceptors (Lipinski definition) is 3. The highest BCUT2D eigenvalue weighted by atomic mass is 16.2. The number of nitrogens with one attached hydrogen (secondary N) is 3. The molecule has 0 fully saturated rings. The molecule has 1 aromatic carbocycles. The highest BCUT2D eigenvalue weighted by molar-refractivity contribution is 6.05. The number of aromatic nitrogens is 3. The number of hydrogen-bond donors (Lipinski definition) is 3. The fourth-order valence-corrected chi connectivity index (χ4v) is 1.77. The van der Waals surface area contributed by atoms with Gasteiger partial charge in [-0.3, -0.25) is 9.78 Å². The predicted molar refractivity (Wildman–Crippen MR) is 77.5 cm³/mol. The van der Waals surface area contributed by atoms with Crippen molar-refractivity contribution in [1.29, 1.82) is 0 Å². The number of aromatic amines is 2. The number of carbonyl (C=O) groups excluding carboxylic acids is 1. The number of rotatable bonds is 2. The number of carbonyl (C=O) groups is 1. The van der Waals surface area contributed by atoms with Crippen molar-refractivity contribution in [2.24, 2.45) is 0 Å². The van der Waals surface area contributed by atoms with E-state index < -0.39 is 0 Å². The Morgan fingerprint density at radius 2 is 2.00 bits per heavy atom. The molecule has 0 unspecified atom stereocenters. The van der Waals surface area contributed by atoms with E-state index in [2.05, 4.69) is 20.3 Å². The van der Waals surface area contributed by atoms with E-state index in [0.29, 0.717) is 22.4 Å². The molecule has 0 radical (unpaired) electrons. The number of pyridine rings is 1. The largest absolute Gasteiger partial charge is 0.325 e. The van der Waals surface area contributed by atoms with Crippen LogP contribution in [-0.2, 0) is 0 Å². The molecule has 3 aromatic rings. The van der Waals surface area contributed by atoms with Crippen molar-refractivity contribution in [3.05, 3.63) is 58.6 Å². The monoisotopic (exact) mass is 260 g/mol. The van der Waals surface area contributed by atoms with Crippen molar-refractivity contribution in [3.63, 3.8) is 0 Å². The van der Waals surface area contributed by atoms with E-state index in [1.807, 2.05) is 18.2 Å². The molecule has 0 spiro atoms. The summed E-state index contributed by atoms with van der Waals surface area (Å²) in [6, 6.07) is 10.7. The Balaban J connectivity index is 0.00000147. The third-order valence-corrected chi connectivity index (χ3v) is 2.66. The first-order valence-electron chi connectivity index (χ1n) is 5.67. The van der Waals surface area contributed by atoms with E-state index in [-0.39, 0.29) is 15.9 Å². The van der Waals surface area contributed by atoms with Gasteiger partial charge in [-0.05, 0) is 18.2 Å². The van der Waals surface area contributed by atoms with Gasteiger partial charge in [0.25, 0.3) is 5.91 Å². The van der Waals surface area contributed by atoms with Crippen LogP contribution in [0, 0.1) is 0 Å². The number of imidazole rings is 1. The van der Waals surface area contributed by atoms with E-state index >= 15 is 0 Å². The lowest BCUT2D eigenvalue weighted by Crippen LogP contribution is -2.12. The van der Waals surface area contributed by atoms with Gasteiger partial charge in [0.15, 0.2) is 5.65 Å². The summed E-state index contributed by atoms with van der Waals surface area (Å²) in [5.41, 5.74) is 1.68. The molecule has 2 aromatic heterocycles. The molecule has 0 atom stereocenters. The molecule has 0 saturated heterocycles. The molecular formula is C13H16N4O2. The van der Waals surface area contributed by atoms with E-state index in [9.17, 15) is 9.59 Å². The Morgan fingerprint density at radius 3 is 2.79 bits per heavy atom. The summed E-state index contributed by atoms with van der Waals surface area (Å²) in [6.07, 6.45) is 1.42. The zero-order valence-corrected chi connectivity index (χ0v) is 9.81. The Morgan fingerprint density at radius 1 is 1.21 bits per heavy atom. The maximum atomic E-state index is 12.0. The first kappa shape index (κ1) is 11.2. The quantitative estimate of drug-likeness (QED) is 0.660. The van der Waals surface area contributed by atoms with Crippen molar-refractivity contribution < 1.29 is 9.07 Å². The first-order valence-corrected chi connectivity index (χ1v) is 5.67. The van der Waals surface area contributed by atoms with E-state index in [1.54, 1.807) is 18.2 Å². The predicted octanol–water partition coefficient (Wildman–Crippen LogP) is 2.24. The number of amides is 1. The van der Waals surface area contributed by atoms with Crippen LogP contribution in [-0.4, -0.2) is 20.9 Å². The van der Waals surface area contributed by atoms with Crippen LogP contribution in [0.2, 0.25) is 0 Å². The molecule has 0 aliphatic carbocycles. The molecule has 0 aliphatic heterocycles. The summed E-state index contributed by atoms with van der Waals surface area (Å²) >= 11 is 0. The second-order valence-corrected chi connectivity index (χ2v) is 4.02. The van der Waals surface area contributed by atoms with Gasteiger partial charge in [0, 0.05) is 16.2 Å². The molecule has 3 rings (SSSR count). The Labute approximate surface area is 112 Å². The molecule has 0 saturated carbocycles. The fraction of sp³-hybridized carbons (Fsp3) is 0. The van der Waals surface area contributed by atoms with Crippen molar-refractivity contribution >= 4 is 22.8 Å². The summed E-state index contributed by atoms with van der Waals surface area (Å²) < 4.78 is 0. The van der Waals surface area contributed by atoms with Gasteiger partial charge in [0.1, 0.15) is 0 Å². The number of nitrogens with zero attached hydrogens (tertiary/aromatic N) is 1. The average Bonchev–Trinajstić information content (AvgIpc) is 2.78. The lowest BCUT2D eigenvalue weighted by atomic mass is 10.2. The number of para-hydroxylation sites is 1. The molecule has 2 heterocycles. The van der Waals surface area contributed by atoms with Crippen LogP contribution in [0.25, 0.3) is 11.2 Å².